The van der Waals surface area contributed by atoms with Crippen molar-refractivity contribution in [3.63, 3.8) is 0 Å². The zero-order valence-corrected chi connectivity index (χ0v) is 12.7. The van der Waals surface area contributed by atoms with E-state index in [1.807, 2.05) is 0 Å². The lowest BCUT2D eigenvalue weighted by Gasteiger charge is -2.15. The maximum atomic E-state index is 11.9. The van der Waals surface area contributed by atoms with Gasteiger partial charge in [-0.3, -0.25) is 4.79 Å². The number of carbonyl (C=O) groups excluding carboxylic acids is 1. The van der Waals surface area contributed by atoms with E-state index in [0.717, 1.165) is 0 Å². The van der Waals surface area contributed by atoms with Gasteiger partial charge in [-0.15, -0.1) is 0 Å². The highest BCUT2D eigenvalue weighted by atomic mass is 35.5. The lowest BCUT2D eigenvalue weighted by atomic mass is 10.3. The number of halogens is 2. The Bertz CT molecular complexity index is 617. The lowest BCUT2D eigenvalue weighted by Crippen LogP contribution is -2.38. The van der Waals surface area contributed by atoms with Gasteiger partial charge in [0.2, 0.25) is 0 Å². The van der Waals surface area contributed by atoms with Gasteiger partial charge in [0.05, 0.1) is 5.02 Å². The Balaban J connectivity index is 1.88. The summed E-state index contributed by atoms with van der Waals surface area (Å²) in [5.41, 5.74) is 2.30. The zero-order valence-electron chi connectivity index (χ0n) is 11.2. The molecule has 0 aliphatic rings. The number of amides is 1. The number of ether oxygens (including phenoxy) is 1. The van der Waals surface area contributed by atoms with Crippen molar-refractivity contribution >= 4 is 29.1 Å². The molecule has 0 radical (unpaired) electrons. The van der Waals surface area contributed by atoms with Crippen molar-refractivity contribution in [2.75, 3.05) is 0 Å². The lowest BCUT2D eigenvalue weighted by molar-refractivity contribution is -0.134. The van der Waals surface area contributed by atoms with Crippen LogP contribution in [0.2, 0.25) is 10.0 Å². The normalized spacial score (nSPS) is 11.6. The van der Waals surface area contributed by atoms with Crippen LogP contribution in [0.5, 0.6) is 11.5 Å². The van der Waals surface area contributed by atoms with Gasteiger partial charge in [0.25, 0.3) is 5.91 Å². The molecule has 0 saturated carbocycles. The van der Waals surface area contributed by atoms with Gasteiger partial charge in [0.1, 0.15) is 5.75 Å². The maximum Gasteiger partial charge on any atom is 0.293 e. The molecule has 1 atom stereocenters. The third-order valence-electron chi connectivity index (χ3n) is 2.59. The van der Waals surface area contributed by atoms with E-state index >= 15 is 0 Å². The highest BCUT2D eigenvalue weighted by Crippen LogP contribution is 2.22. The average Bonchev–Trinajstić information content (AvgIpc) is 2.48. The van der Waals surface area contributed by atoms with Crippen molar-refractivity contribution in [3.05, 3.63) is 58.6 Å². The van der Waals surface area contributed by atoms with Crippen LogP contribution < -0.4 is 15.1 Å². The largest absolute Gasteiger partial charge is 0.481 e. The topological polar surface area (TPSA) is 47.6 Å². The first kappa shape index (κ1) is 15.5. The summed E-state index contributed by atoms with van der Waals surface area (Å²) >= 11 is 11.7. The Hall–Kier alpha value is -1.91. The van der Waals surface area contributed by atoms with Crippen molar-refractivity contribution in [1.82, 2.24) is 5.48 Å². The zero-order chi connectivity index (χ0) is 15.2. The van der Waals surface area contributed by atoms with Gasteiger partial charge < -0.3 is 9.57 Å². The first-order valence-electron chi connectivity index (χ1n) is 6.19. The van der Waals surface area contributed by atoms with Crippen LogP contribution >= 0.6 is 23.2 Å². The van der Waals surface area contributed by atoms with Gasteiger partial charge in [-0.1, -0.05) is 35.3 Å². The Labute approximate surface area is 132 Å². The minimum Gasteiger partial charge on any atom is -0.481 e. The van der Waals surface area contributed by atoms with Gasteiger partial charge in [-0.2, -0.15) is 5.48 Å². The fraction of sp³-hybridized carbons (Fsp3) is 0.133. The molecule has 2 rings (SSSR count). The van der Waals surface area contributed by atoms with Crippen LogP contribution in [0.25, 0.3) is 0 Å². The van der Waals surface area contributed by atoms with Crippen molar-refractivity contribution in [2.24, 2.45) is 0 Å². The molecule has 0 aliphatic heterocycles. The molecule has 2 aromatic carbocycles. The van der Waals surface area contributed by atoms with Crippen LogP contribution in [0.4, 0.5) is 0 Å². The Kier molecular flexibility index (Phi) is 5.31. The van der Waals surface area contributed by atoms with Gasteiger partial charge in [0.15, 0.2) is 11.9 Å². The average molecular weight is 326 g/mol. The second kappa shape index (κ2) is 7.20. The molecule has 1 unspecified atom stereocenters. The number of hydrogen-bond acceptors (Lipinski definition) is 3. The van der Waals surface area contributed by atoms with Crippen molar-refractivity contribution in [3.8, 4) is 11.5 Å². The first-order chi connectivity index (χ1) is 10.1. The monoisotopic (exact) mass is 325 g/mol. The Morgan fingerprint density at radius 2 is 1.76 bits per heavy atom. The maximum absolute atomic E-state index is 11.9. The van der Waals surface area contributed by atoms with E-state index in [1.165, 1.54) is 0 Å². The molecule has 4 nitrogen and oxygen atoms in total. The predicted octanol–water partition coefficient (Wildman–Crippen LogP) is 3.87. The predicted molar refractivity (Wildman–Crippen MR) is 81.8 cm³/mol. The third kappa shape index (κ3) is 4.55. The molecule has 2 aromatic rings. The second-order valence-electron chi connectivity index (χ2n) is 4.21. The van der Waals surface area contributed by atoms with E-state index in [-0.39, 0.29) is 0 Å². The van der Waals surface area contributed by atoms with Crippen LogP contribution in [0.3, 0.4) is 0 Å². The van der Waals surface area contributed by atoms with E-state index in [9.17, 15) is 4.79 Å². The van der Waals surface area contributed by atoms with E-state index < -0.39 is 12.0 Å². The highest BCUT2D eigenvalue weighted by molar-refractivity contribution is 6.32. The molecule has 110 valence electrons. The molecule has 21 heavy (non-hydrogen) atoms. The van der Waals surface area contributed by atoms with Crippen molar-refractivity contribution < 1.29 is 14.4 Å². The number of benzene rings is 2. The van der Waals surface area contributed by atoms with E-state index in [1.54, 1.807) is 55.5 Å². The Morgan fingerprint density at radius 1 is 1.10 bits per heavy atom. The van der Waals surface area contributed by atoms with E-state index in [2.05, 4.69) is 5.48 Å². The Morgan fingerprint density at radius 3 is 2.43 bits per heavy atom. The van der Waals surface area contributed by atoms with Gasteiger partial charge in [0, 0.05) is 5.02 Å². The molecular weight excluding hydrogens is 313 g/mol. The van der Waals surface area contributed by atoms with Crippen LogP contribution in [-0.2, 0) is 4.79 Å². The van der Waals surface area contributed by atoms with Gasteiger partial charge in [-0.05, 0) is 43.3 Å². The fourth-order valence-electron chi connectivity index (χ4n) is 1.49. The summed E-state index contributed by atoms with van der Waals surface area (Å²) in [6.07, 6.45) is -0.728. The minimum absolute atomic E-state index is 0.367. The summed E-state index contributed by atoms with van der Waals surface area (Å²) in [5, 5.41) is 1.01. The number of hydrogen-bond donors (Lipinski definition) is 1. The van der Waals surface area contributed by atoms with Gasteiger partial charge >= 0.3 is 0 Å². The van der Waals surface area contributed by atoms with E-state index in [4.69, 9.17) is 32.8 Å². The highest BCUT2D eigenvalue weighted by Gasteiger charge is 2.15. The second-order valence-corrected chi connectivity index (χ2v) is 5.06. The summed E-state index contributed by atoms with van der Waals surface area (Å²) in [7, 11) is 0. The molecule has 0 spiro atoms. The minimum atomic E-state index is -0.728. The molecule has 1 N–H and O–H groups in total. The van der Waals surface area contributed by atoms with Crippen molar-refractivity contribution in [1.29, 1.82) is 0 Å². The summed E-state index contributed by atoms with van der Waals surface area (Å²) in [4.78, 5) is 17.0. The first-order valence-corrected chi connectivity index (χ1v) is 6.95. The number of hydroxylamine groups is 1. The summed E-state index contributed by atoms with van der Waals surface area (Å²) < 4.78 is 5.47. The molecule has 0 aromatic heterocycles. The molecule has 0 bridgehead atoms. The van der Waals surface area contributed by atoms with Gasteiger partial charge in [-0.25, -0.2) is 0 Å². The van der Waals surface area contributed by atoms with Crippen molar-refractivity contribution in [2.45, 2.75) is 13.0 Å². The summed E-state index contributed by atoms with van der Waals surface area (Å²) in [6.45, 7) is 1.61. The standard InChI is InChI=1S/C15H13Cl2NO3/c1-10(20-12-8-6-11(16)7-9-12)15(19)18-21-14-5-3-2-4-13(14)17/h2-10H,1H3,(H,18,19). The fourth-order valence-corrected chi connectivity index (χ4v) is 1.79. The summed E-state index contributed by atoms with van der Waals surface area (Å²) in [5.74, 6) is 0.482. The molecule has 6 heteroatoms. The van der Waals surface area contributed by atoms with Crippen LogP contribution in [0.15, 0.2) is 48.5 Å². The smallest absolute Gasteiger partial charge is 0.293 e. The van der Waals surface area contributed by atoms with Crippen LogP contribution in [-0.4, -0.2) is 12.0 Å². The van der Waals surface area contributed by atoms with Crippen LogP contribution in [0.1, 0.15) is 6.92 Å². The molecule has 0 aliphatic carbocycles. The number of carbonyl (C=O) groups is 1. The number of nitrogens with one attached hydrogen (secondary N) is 1. The molecule has 0 saturated heterocycles. The molecule has 0 heterocycles. The summed E-state index contributed by atoms with van der Waals surface area (Å²) in [6, 6.07) is 13.6. The number of rotatable bonds is 5. The third-order valence-corrected chi connectivity index (χ3v) is 3.16. The van der Waals surface area contributed by atoms with E-state index in [0.29, 0.717) is 21.5 Å². The quantitative estimate of drug-likeness (QED) is 0.849. The molecule has 1 amide bonds. The molecule has 0 fully saturated rings. The number of para-hydroxylation sites is 1. The van der Waals surface area contributed by atoms with Crippen LogP contribution in [0, 0.1) is 0 Å². The SMILES string of the molecule is CC(Oc1ccc(Cl)cc1)C(=O)NOc1ccccc1Cl. The molecular formula is C15H13Cl2NO3.